The predicted molar refractivity (Wildman–Crippen MR) is 74.1 cm³/mol. The maximum absolute atomic E-state index is 12.3. The van der Waals surface area contributed by atoms with Crippen LogP contribution >= 0.6 is 11.3 Å². The summed E-state index contributed by atoms with van der Waals surface area (Å²) in [6.45, 7) is 3.99. The number of nitro groups is 1. The molecule has 0 spiro atoms. The van der Waals surface area contributed by atoms with Crippen molar-refractivity contribution in [3.05, 3.63) is 16.2 Å². The van der Waals surface area contributed by atoms with E-state index >= 15 is 0 Å². The van der Waals surface area contributed by atoms with E-state index in [9.17, 15) is 18.5 Å². The van der Waals surface area contributed by atoms with E-state index in [0.717, 1.165) is 6.07 Å². The minimum atomic E-state index is -3.87. The molecule has 0 radical (unpaired) electrons. The first-order valence-electron chi connectivity index (χ1n) is 5.85. The Labute approximate surface area is 120 Å². The summed E-state index contributed by atoms with van der Waals surface area (Å²) in [5.41, 5.74) is 4.35. The van der Waals surface area contributed by atoms with Gasteiger partial charge in [0.15, 0.2) is 5.00 Å². The van der Waals surface area contributed by atoms with Crippen molar-refractivity contribution in [2.75, 3.05) is 12.3 Å². The van der Waals surface area contributed by atoms with Crippen LogP contribution < -0.4 is 10.5 Å². The second kappa shape index (κ2) is 4.95. The van der Waals surface area contributed by atoms with Gasteiger partial charge in [0.1, 0.15) is 4.21 Å². The van der Waals surface area contributed by atoms with Gasteiger partial charge in [-0.15, -0.1) is 0 Å². The second-order valence-corrected chi connectivity index (χ2v) is 7.85. The van der Waals surface area contributed by atoms with Gasteiger partial charge >= 0.3 is 5.69 Å². The van der Waals surface area contributed by atoms with E-state index in [1.54, 1.807) is 13.8 Å². The summed E-state index contributed by atoms with van der Waals surface area (Å²) in [6, 6.07) is 0.978. The molecule has 2 heterocycles. The van der Waals surface area contributed by atoms with E-state index < -0.39 is 26.2 Å². The van der Waals surface area contributed by atoms with Crippen LogP contribution in [-0.2, 0) is 14.8 Å². The average molecular weight is 321 g/mol. The SMILES string of the molecule is CC1OCCC1(C)NS(=O)(=O)c1cc([N+](=O)[O-])c(N)s1. The summed E-state index contributed by atoms with van der Waals surface area (Å²) in [5.74, 6) is 0. The molecule has 1 aliphatic heterocycles. The molecule has 112 valence electrons. The number of nitrogen functional groups attached to an aromatic ring is 1. The number of rotatable bonds is 4. The normalized spacial score (nSPS) is 26.8. The van der Waals surface area contributed by atoms with Gasteiger partial charge in [-0.2, -0.15) is 0 Å². The van der Waals surface area contributed by atoms with Crippen LogP contribution in [0.15, 0.2) is 10.3 Å². The highest BCUT2D eigenvalue weighted by Gasteiger charge is 2.41. The Balaban J connectivity index is 2.31. The van der Waals surface area contributed by atoms with Crippen LogP contribution in [0.5, 0.6) is 0 Å². The third kappa shape index (κ3) is 2.64. The molecule has 2 rings (SSSR count). The molecule has 0 bridgehead atoms. The molecule has 2 atom stereocenters. The van der Waals surface area contributed by atoms with Crippen molar-refractivity contribution in [2.24, 2.45) is 0 Å². The number of ether oxygens (including phenoxy) is 1. The minimum Gasteiger partial charge on any atom is -0.385 e. The molecule has 0 amide bonds. The van der Waals surface area contributed by atoms with Gasteiger partial charge in [0, 0.05) is 12.7 Å². The van der Waals surface area contributed by atoms with Crippen LogP contribution in [0.3, 0.4) is 0 Å². The zero-order valence-electron chi connectivity index (χ0n) is 11.0. The minimum absolute atomic E-state index is 0.128. The van der Waals surface area contributed by atoms with Crippen LogP contribution in [-0.4, -0.2) is 31.6 Å². The number of sulfonamides is 1. The smallest absolute Gasteiger partial charge is 0.304 e. The molecule has 0 aromatic carbocycles. The molecule has 1 aromatic rings. The molecule has 8 nitrogen and oxygen atoms in total. The van der Waals surface area contributed by atoms with E-state index in [2.05, 4.69) is 4.72 Å². The number of anilines is 1. The number of hydrogen-bond acceptors (Lipinski definition) is 7. The van der Waals surface area contributed by atoms with Crippen molar-refractivity contribution in [2.45, 2.75) is 36.1 Å². The van der Waals surface area contributed by atoms with Crippen molar-refractivity contribution in [1.82, 2.24) is 4.72 Å². The molecule has 1 saturated heterocycles. The molecule has 1 fully saturated rings. The van der Waals surface area contributed by atoms with Crippen LogP contribution in [0, 0.1) is 10.1 Å². The first kappa shape index (κ1) is 15.2. The number of hydrogen-bond donors (Lipinski definition) is 2. The fourth-order valence-electron chi connectivity index (χ4n) is 1.97. The Hall–Kier alpha value is -1.23. The van der Waals surface area contributed by atoms with Crippen LogP contribution in [0.25, 0.3) is 0 Å². The number of nitrogens with two attached hydrogens (primary N) is 1. The van der Waals surface area contributed by atoms with Gasteiger partial charge in [-0.25, -0.2) is 13.1 Å². The van der Waals surface area contributed by atoms with E-state index in [1.165, 1.54) is 0 Å². The molecule has 1 aromatic heterocycles. The Morgan fingerprint density at radius 2 is 2.30 bits per heavy atom. The zero-order valence-corrected chi connectivity index (χ0v) is 12.6. The average Bonchev–Trinajstić information content (AvgIpc) is 2.84. The third-order valence-corrected chi connectivity index (χ3v) is 6.47. The van der Waals surface area contributed by atoms with Crippen LogP contribution in [0.2, 0.25) is 0 Å². The molecule has 2 unspecified atom stereocenters. The standard InChI is InChI=1S/C10H15N3O5S2/c1-6-10(2,3-4-18-6)12-20(16,17)8-5-7(13(14)15)9(11)19-8/h5-6,12H,3-4,11H2,1-2H3. The molecule has 0 aliphatic carbocycles. The number of nitrogens with zero attached hydrogens (tertiary/aromatic N) is 1. The largest absolute Gasteiger partial charge is 0.385 e. The summed E-state index contributed by atoms with van der Waals surface area (Å²) < 4.78 is 32.3. The maximum atomic E-state index is 12.3. The van der Waals surface area contributed by atoms with Gasteiger partial charge in [0.2, 0.25) is 0 Å². The molecule has 1 aliphatic rings. The highest BCUT2D eigenvalue weighted by Crippen LogP contribution is 2.36. The summed E-state index contributed by atoms with van der Waals surface area (Å²) in [6.07, 6.45) is 0.264. The molecular formula is C10H15N3O5S2. The Morgan fingerprint density at radius 1 is 1.65 bits per heavy atom. The third-order valence-electron chi connectivity index (χ3n) is 3.43. The van der Waals surface area contributed by atoms with Gasteiger partial charge in [-0.1, -0.05) is 11.3 Å². The lowest BCUT2D eigenvalue weighted by Crippen LogP contribution is -2.50. The van der Waals surface area contributed by atoms with Crippen molar-refractivity contribution in [3.63, 3.8) is 0 Å². The Kier molecular flexibility index (Phi) is 3.75. The van der Waals surface area contributed by atoms with E-state index in [1.807, 2.05) is 0 Å². The van der Waals surface area contributed by atoms with E-state index in [4.69, 9.17) is 10.5 Å². The molecular weight excluding hydrogens is 306 g/mol. The van der Waals surface area contributed by atoms with Crippen molar-refractivity contribution in [3.8, 4) is 0 Å². The molecule has 10 heteroatoms. The lowest BCUT2D eigenvalue weighted by molar-refractivity contribution is -0.383. The van der Waals surface area contributed by atoms with Crippen molar-refractivity contribution >= 4 is 32.0 Å². The lowest BCUT2D eigenvalue weighted by atomic mass is 9.97. The second-order valence-electron chi connectivity index (χ2n) is 4.86. The monoisotopic (exact) mass is 321 g/mol. The lowest BCUT2D eigenvalue weighted by Gasteiger charge is -2.27. The van der Waals surface area contributed by atoms with Crippen molar-refractivity contribution in [1.29, 1.82) is 0 Å². The fraction of sp³-hybridized carbons (Fsp3) is 0.600. The van der Waals surface area contributed by atoms with Crippen LogP contribution in [0.4, 0.5) is 10.7 Å². The number of nitrogens with one attached hydrogen (secondary N) is 1. The van der Waals surface area contributed by atoms with E-state index in [0.29, 0.717) is 24.4 Å². The molecule has 20 heavy (non-hydrogen) atoms. The van der Waals surface area contributed by atoms with Gasteiger partial charge < -0.3 is 10.5 Å². The molecule has 3 N–H and O–H groups in total. The van der Waals surface area contributed by atoms with E-state index in [-0.39, 0.29) is 15.3 Å². The van der Waals surface area contributed by atoms with Gasteiger partial charge in [0.05, 0.1) is 16.6 Å². The van der Waals surface area contributed by atoms with Crippen LogP contribution in [0.1, 0.15) is 20.3 Å². The summed E-state index contributed by atoms with van der Waals surface area (Å²) in [4.78, 5) is 10.0. The first-order chi connectivity index (χ1) is 9.16. The summed E-state index contributed by atoms with van der Waals surface area (Å²) >= 11 is 0.678. The fourth-order valence-corrected chi connectivity index (χ4v) is 4.68. The molecule has 0 saturated carbocycles. The zero-order chi connectivity index (χ0) is 15.1. The predicted octanol–water partition coefficient (Wildman–Crippen LogP) is 1.08. The Bertz CT molecular complexity index is 641. The number of thiophene rings is 1. The summed E-state index contributed by atoms with van der Waals surface area (Å²) in [7, 11) is -3.87. The van der Waals surface area contributed by atoms with Crippen molar-refractivity contribution < 1.29 is 18.1 Å². The quantitative estimate of drug-likeness (QED) is 0.631. The first-order valence-corrected chi connectivity index (χ1v) is 8.15. The van der Waals surface area contributed by atoms with Gasteiger partial charge in [-0.05, 0) is 20.3 Å². The maximum Gasteiger partial charge on any atom is 0.304 e. The highest BCUT2D eigenvalue weighted by atomic mass is 32.2. The summed E-state index contributed by atoms with van der Waals surface area (Å²) in [5, 5.41) is 10.6. The topological polar surface area (TPSA) is 125 Å². The Morgan fingerprint density at radius 3 is 2.75 bits per heavy atom. The highest BCUT2D eigenvalue weighted by molar-refractivity contribution is 7.91. The van der Waals surface area contributed by atoms with Gasteiger partial charge in [0.25, 0.3) is 10.0 Å². The van der Waals surface area contributed by atoms with Gasteiger partial charge in [-0.3, -0.25) is 10.1 Å².